The Bertz CT molecular complexity index is 1130. The third kappa shape index (κ3) is 8.92. The molecule has 0 bridgehead atoms. The van der Waals surface area contributed by atoms with E-state index in [1.54, 1.807) is 0 Å². The third-order valence-corrected chi connectivity index (χ3v) is 9.11. The van der Waals surface area contributed by atoms with E-state index in [1.165, 1.54) is 63.1 Å². The Morgan fingerprint density at radius 2 is 1.43 bits per heavy atom. The van der Waals surface area contributed by atoms with Crippen molar-refractivity contribution in [2.45, 2.75) is 135 Å². The Morgan fingerprint density at radius 1 is 0.786 bits per heavy atom. The molecule has 2 nitrogen and oxygen atoms in total. The first-order valence-electron chi connectivity index (χ1n) is 16.5. The zero-order valence-electron chi connectivity index (χ0n) is 25.3. The summed E-state index contributed by atoms with van der Waals surface area (Å²) in [4.78, 5) is 3.70. The van der Waals surface area contributed by atoms with E-state index in [2.05, 4.69) is 11.9 Å². The molecule has 1 unspecified atom stereocenters. The number of unbranched alkanes of at least 4 members (excludes halogenated alkanes) is 11. The molecule has 1 saturated carbocycles. The molecule has 0 N–H and O–H groups in total. The van der Waals surface area contributed by atoms with E-state index in [1.807, 2.05) is 0 Å². The van der Waals surface area contributed by atoms with Gasteiger partial charge >= 0.3 is 0 Å². The summed E-state index contributed by atoms with van der Waals surface area (Å²) in [5.41, 5.74) is -1.01. The van der Waals surface area contributed by atoms with E-state index < -0.39 is 35.0 Å². The van der Waals surface area contributed by atoms with Crippen LogP contribution in [-0.2, 0) is 12.3 Å². The van der Waals surface area contributed by atoms with Gasteiger partial charge in [0.25, 0.3) is 5.92 Å². The quantitative estimate of drug-likeness (QED) is 0.0918. The predicted octanol–water partition coefficient (Wildman–Crippen LogP) is 11.5. The summed E-state index contributed by atoms with van der Waals surface area (Å²) in [6.07, 6.45) is 18.8. The van der Waals surface area contributed by atoms with Crippen LogP contribution < -0.4 is 4.74 Å². The Kier molecular flexibility index (Phi) is 12.5. The summed E-state index contributed by atoms with van der Waals surface area (Å²) in [5.74, 6) is -7.22. The van der Waals surface area contributed by atoms with Gasteiger partial charge in [0.1, 0.15) is 0 Å². The van der Waals surface area contributed by atoms with Crippen LogP contribution in [0.25, 0.3) is 11.3 Å². The minimum atomic E-state index is -3.34. The van der Waals surface area contributed by atoms with Gasteiger partial charge in [-0.1, -0.05) is 103 Å². The molecule has 0 radical (unpaired) electrons. The van der Waals surface area contributed by atoms with Crippen LogP contribution >= 0.6 is 0 Å². The van der Waals surface area contributed by atoms with Crippen LogP contribution in [0, 0.1) is 29.4 Å². The van der Waals surface area contributed by atoms with Crippen molar-refractivity contribution in [2.24, 2.45) is 11.8 Å². The van der Waals surface area contributed by atoms with Crippen molar-refractivity contribution in [3.05, 3.63) is 46.9 Å². The number of benzene rings is 1. The minimum absolute atomic E-state index is 0.119. The van der Waals surface area contributed by atoms with Gasteiger partial charge in [-0.05, 0) is 55.4 Å². The number of hydrogen-bond donors (Lipinski definition) is 0. The summed E-state index contributed by atoms with van der Waals surface area (Å²) in [7, 11) is 0. The lowest BCUT2D eigenvalue weighted by Crippen LogP contribution is -2.33. The second kappa shape index (κ2) is 16.0. The largest absolute Gasteiger partial charge is 0.490 e. The van der Waals surface area contributed by atoms with Crippen LogP contribution in [0.15, 0.2) is 18.2 Å². The van der Waals surface area contributed by atoms with Crippen LogP contribution in [0.3, 0.4) is 0 Å². The van der Waals surface area contributed by atoms with E-state index in [0.717, 1.165) is 57.3 Å². The molecule has 2 aromatic rings. The van der Waals surface area contributed by atoms with E-state index in [9.17, 15) is 8.78 Å². The average Bonchev–Trinajstić information content (AvgIpc) is 3.79. The van der Waals surface area contributed by atoms with Crippen molar-refractivity contribution in [3.8, 4) is 17.0 Å². The number of alkyl halides is 2. The van der Waals surface area contributed by atoms with Crippen molar-refractivity contribution >= 4 is 0 Å². The zero-order valence-corrected chi connectivity index (χ0v) is 25.3. The molecule has 7 heteroatoms. The number of aryl methyl sites for hydroxylation is 1. The number of rotatable bonds is 19. The number of hydrogen-bond acceptors (Lipinski definition) is 2. The van der Waals surface area contributed by atoms with E-state index in [4.69, 9.17) is 4.74 Å². The summed E-state index contributed by atoms with van der Waals surface area (Å²) in [6, 6.07) is 3.86. The maximum Gasteiger partial charge on any atom is 0.280 e. The first-order valence-corrected chi connectivity index (χ1v) is 16.5. The molecule has 4 rings (SSSR count). The van der Waals surface area contributed by atoms with E-state index >= 15 is 13.2 Å². The standard InChI is InChI=1S/C35H48F5NO/c1-2-3-4-5-11-14-23-42-30-22-21-28(32(36)33(30)37)29-24-26-19-20-27(35(39,40)31(26)34(38)41-29)16-13-10-8-6-7-9-12-15-25-17-18-25/h21-22,24-25,27H,2-20,23H2,1H3. The molecule has 1 fully saturated rings. The first kappa shape index (κ1) is 32.7. The number of nitrogens with zero attached hydrogens (tertiary/aromatic N) is 1. The second-order valence-electron chi connectivity index (χ2n) is 12.5. The number of halogens is 5. The van der Waals surface area contributed by atoms with Crippen LogP contribution in [0.4, 0.5) is 22.0 Å². The van der Waals surface area contributed by atoms with Gasteiger partial charge in [-0.3, -0.25) is 0 Å². The van der Waals surface area contributed by atoms with Gasteiger partial charge in [0, 0.05) is 11.5 Å². The first-order chi connectivity index (χ1) is 20.3. The molecule has 0 saturated heterocycles. The van der Waals surface area contributed by atoms with Gasteiger partial charge in [-0.15, -0.1) is 0 Å². The molecular formula is C35H48F5NO. The predicted molar refractivity (Wildman–Crippen MR) is 158 cm³/mol. The monoisotopic (exact) mass is 593 g/mol. The molecule has 2 aliphatic carbocycles. The maximum absolute atomic E-state index is 15.4. The lowest BCUT2D eigenvalue weighted by molar-refractivity contribution is -0.0824. The van der Waals surface area contributed by atoms with Gasteiger partial charge in [0.05, 0.1) is 17.9 Å². The molecule has 2 aliphatic rings. The van der Waals surface area contributed by atoms with Crippen molar-refractivity contribution < 1.29 is 26.7 Å². The summed E-state index contributed by atoms with van der Waals surface area (Å²) in [6.45, 7) is 2.41. The highest BCUT2D eigenvalue weighted by Gasteiger charge is 2.47. The van der Waals surface area contributed by atoms with Crippen molar-refractivity contribution in [1.29, 1.82) is 0 Å². The molecule has 0 amide bonds. The lowest BCUT2D eigenvalue weighted by atomic mass is 9.78. The molecule has 1 heterocycles. The summed E-state index contributed by atoms with van der Waals surface area (Å²) >= 11 is 0. The molecule has 0 aliphatic heterocycles. The van der Waals surface area contributed by atoms with E-state index in [0.29, 0.717) is 12.8 Å². The number of aromatic nitrogens is 1. The van der Waals surface area contributed by atoms with E-state index in [-0.39, 0.29) is 42.0 Å². The molecular weight excluding hydrogens is 545 g/mol. The highest BCUT2D eigenvalue weighted by molar-refractivity contribution is 5.63. The SMILES string of the molecule is CCCCCCCCOc1ccc(-c2cc3c(c(F)n2)C(F)(F)C(CCCCCCCCCC2CC2)CC3)c(F)c1F. The maximum atomic E-state index is 15.4. The van der Waals surface area contributed by atoms with Crippen LogP contribution in [0.1, 0.15) is 134 Å². The molecule has 42 heavy (non-hydrogen) atoms. The van der Waals surface area contributed by atoms with Crippen molar-refractivity contribution in [2.75, 3.05) is 6.61 Å². The Hall–Kier alpha value is -2.18. The van der Waals surface area contributed by atoms with Crippen molar-refractivity contribution in [3.63, 3.8) is 0 Å². The molecule has 1 aromatic carbocycles. The highest BCUT2D eigenvalue weighted by atomic mass is 19.3. The summed E-state index contributed by atoms with van der Waals surface area (Å²) in [5, 5.41) is 0. The third-order valence-electron chi connectivity index (χ3n) is 9.11. The van der Waals surface area contributed by atoms with Gasteiger partial charge < -0.3 is 4.74 Å². The highest BCUT2D eigenvalue weighted by Crippen LogP contribution is 2.48. The topological polar surface area (TPSA) is 22.1 Å². The Labute approximate surface area is 248 Å². The zero-order chi connectivity index (χ0) is 30.0. The fourth-order valence-electron chi connectivity index (χ4n) is 6.31. The van der Waals surface area contributed by atoms with Crippen LogP contribution in [0.5, 0.6) is 5.75 Å². The fourth-order valence-corrected chi connectivity index (χ4v) is 6.31. The fraction of sp³-hybridized carbons (Fsp3) is 0.686. The Morgan fingerprint density at radius 3 is 2.12 bits per heavy atom. The normalized spacial score (nSPS) is 17.8. The molecule has 1 atom stereocenters. The van der Waals surface area contributed by atoms with Gasteiger partial charge in [-0.25, -0.2) is 18.2 Å². The average molecular weight is 594 g/mol. The van der Waals surface area contributed by atoms with Crippen LogP contribution in [-0.4, -0.2) is 11.6 Å². The van der Waals surface area contributed by atoms with Gasteiger partial charge in [0.15, 0.2) is 11.6 Å². The minimum Gasteiger partial charge on any atom is -0.490 e. The second-order valence-corrected chi connectivity index (χ2v) is 12.5. The molecule has 234 valence electrons. The van der Waals surface area contributed by atoms with Gasteiger partial charge in [0.2, 0.25) is 11.8 Å². The molecule has 1 aromatic heterocycles. The molecule has 0 spiro atoms. The lowest BCUT2D eigenvalue weighted by Gasteiger charge is -2.33. The smallest absolute Gasteiger partial charge is 0.280 e. The number of fused-ring (bicyclic) bond motifs is 1. The number of pyridine rings is 1. The van der Waals surface area contributed by atoms with Gasteiger partial charge in [-0.2, -0.15) is 8.78 Å². The summed E-state index contributed by atoms with van der Waals surface area (Å²) < 4.78 is 81.2. The number of ether oxygens (including phenoxy) is 1. The van der Waals surface area contributed by atoms with Crippen LogP contribution in [0.2, 0.25) is 0 Å². The Balaban J connectivity index is 1.29. The van der Waals surface area contributed by atoms with Crippen molar-refractivity contribution in [1.82, 2.24) is 4.98 Å².